The lowest BCUT2D eigenvalue weighted by Crippen LogP contribution is -2.30. The summed E-state index contributed by atoms with van der Waals surface area (Å²) >= 11 is 0. The molecule has 112 valence electrons. The number of ether oxygens (including phenoxy) is 1. The van der Waals surface area contributed by atoms with Crippen LogP contribution in [0.2, 0.25) is 0 Å². The normalized spacial score (nSPS) is 11.1. The second-order valence-electron chi connectivity index (χ2n) is 5.77. The van der Waals surface area contributed by atoms with Crippen LogP contribution >= 0.6 is 0 Å². The minimum atomic E-state index is 0.00963. The highest BCUT2D eigenvalue weighted by Crippen LogP contribution is 2.07. The predicted octanol–water partition coefficient (Wildman–Crippen LogP) is 2.51. The molecule has 0 spiro atoms. The SMILES string of the molecule is CC(C)CCCC(=O)N(C)CCOCC(=O)C(C)C. The van der Waals surface area contributed by atoms with E-state index in [4.69, 9.17) is 4.74 Å². The minimum absolute atomic E-state index is 0.00963. The molecule has 0 aliphatic carbocycles. The zero-order chi connectivity index (χ0) is 14.8. The topological polar surface area (TPSA) is 46.6 Å². The summed E-state index contributed by atoms with van der Waals surface area (Å²) in [5.41, 5.74) is 0. The molecule has 4 heteroatoms. The molecule has 0 saturated heterocycles. The van der Waals surface area contributed by atoms with Gasteiger partial charge in [-0.25, -0.2) is 0 Å². The standard InChI is InChI=1S/C15H29NO3/c1-12(2)7-6-8-15(18)16(5)9-10-19-11-14(17)13(3)4/h12-13H,6-11H2,1-5H3. The number of Topliss-reactive ketones (excluding diaryl/α,β-unsaturated/α-hetero) is 1. The fourth-order valence-electron chi connectivity index (χ4n) is 1.52. The zero-order valence-corrected chi connectivity index (χ0v) is 13.1. The van der Waals surface area contributed by atoms with Crippen molar-refractivity contribution in [1.82, 2.24) is 4.90 Å². The van der Waals surface area contributed by atoms with Crippen LogP contribution in [0.1, 0.15) is 47.0 Å². The highest BCUT2D eigenvalue weighted by atomic mass is 16.5. The number of hydrogen-bond acceptors (Lipinski definition) is 3. The summed E-state index contributed by atoms with van der Waals surface area (Å²) in [6.07, 6.45) is 2.62. The number of hydrogen-bond donors (Lipinski definition) is 0. The number of ketones is 1. The van der Waals surface area contributed by atoms with Gasteiger partial charge in [-0.1, -0.05) is 34.1 Å². The molecule has 0 aliphatic rings. The van der Waals surface area contributed by atoms with Crippen molar-refractivity contribution >= 4 is 11.7 Å². The quantitative estimate of drug-likeness (QED) is 0.574. The molecule has 0 aliphatic heterocycles. The lowest BCUT2D eigenvalue weighted by Gasteiger charge is -2.17. The van der Waals surface area contributed by atoms with Gasteiger partial charge in [0.2, 0.25) is 5.91 Å². The number of nitrogens with zero attached hydrogens (tertiary/aromatic N) is 1. The lowest BCUT2D eigenvalue weighted by atomic mass is 10.1. The Morgan fingerprint density at radius 2 is 1.79 bits per heavy atom. The van der Waals surface area contributed by atoms with E-state index in [9.17, 15) is 9.59 Å². The van der Waals surface area contributed by atoms with Gasteiger partial charge in [-0.3, -0.25) is 9.59 Å². The van der Waals surface area contributed by atoms with Crippen molar-refractivity contribution in [2.24, 2.45) is 11.8 Å². The van der Waals surface area contributed by atoms with Crippen LogP contribution in [0, 0.1) is 11.8 Å². The van der Waals surface area contributed by atoms with Gasteiger partial charge >= 0.3 is 0 Å². The molecule has 0 aromatic heterocycles. The first kappa shape index (κ1) is 18.1. The van der Waals surface area contributed by atoms with Crippen LogP contribution in [-0.4, -0.2) is 43.4 Å². The van der Waals surface area contributed by atoms with E-state index in [0.29, 0.717) is 25.5 Å². The number of carbonyl (C=O) groups excluding carboxylic acids is 2. The Morgan fingerprint density at radius 3 is 2.32 bits per heavy atom. The summed E-state index contributed by atoms with van der Waals surface area (Å²) in [6, 6.07) is 0. The van der Waals surface area contributed by atoms with Crippen LogP contribution in [0.5, 0.6) is 0 Å². The van der Waals surface area contributed by atoms with Crippen molar-refractivity contribution < 1.29 is 14.3 Å². The third kappa shape index (κ3) is 9.65. The second-order valence-corrected chi connectivity index (χ2v) is 5.77. The third-order valence-corrected chi connectivity index (χ3v) is 3.06. The van der Waals surface area contributed by atoms with Crippen molar-refractivity contribution in [3.63, 3.8) is 0 Å². The summed E-state index contributed by atoms with van der Waals surface area (Å²) in [5.74, 6) is 0.907. The number of likely N-dealkylation sites (N-methyl/N-ethyl adjacent to an activating group) is 1. The highest BCUT2D eigenvalue weighted by molar-refractivity contribution is 5.81. The van der Waals surface area contributed by atoms with Gasteiger partial charge in [-0.05, 0) is 12.3 Å². The lowest BCUT2D eigenvalue weighted by molar-refractivity contribution is -0.131. The summed E-state index contributed by atoms with van der Waals surface area (Å²) in [7, 11) is 1.78. The van der Waals surface area contributed by atoms with Gasteiger partial charge in [-0.2, -0.15) is 0 Å². The van der Waals surface area contributed by atoms with Gasteiger partial charge in [0.15, 0.2) is 5.78 Å². The van der Waals surface area contributed by atoms with Gasteiger partial charge in [0.05, 0.1) is 6.61 Å². The Hall–Kier alpha value is -0.900. The van der Waals surface area contributed by atoms with Gasteiger partial charge in [0.25, 0.3) is 0 Å². The van der Waals surface area contributed by atoms with Crippen molar-refractivity contribution in [2.75, 3.05) is 26.8 Å². The number of carbonyl (C=O) groups is 2. The molecule has 0 aromatic carbocycles. The van der Waals surface area contributed by atoms with Gasteiger partial charge in [-0.15, -0.1) is 0 Å². The van der Waals surface area contributed by atoms with E-state index in [1.54, 1.807) is 11.9 Å². The fraction of sp³-hybridized carbons (Fsp3) is 0.867. The van der Waals surface area contributed by atoms with E-state index < -0.39 is 0 Å². The molecule has 0 N–H and O–H groups in total. The molecule has 0 unspecified atom stereocenters. The molecule has 0 radical (unpaired) electrons. The molecule has 0 bridgehead atoms. The first-order valence-electron chi connectivity index (χ1n) is 7.19. The average molecular weight is 271 g/mol. The summed E-state index contributed by atoms with van der Waals surface area (Å²) in [5, 5.41) is 0. The van der Waals surface area contributed by atoms with Crippen LogP contribution in [-0.2, 0) is 14.3 Å². The van der Waals surface area contributed by atoms with Crippen LogP contribution < -0.4 is 0 Å². The maximum Gasteiger partial charge on any atom is 0.222 e. The molecular weight excluding hydrogens is 242 g/mol. The second kappa shape index (κ2) is 9.96. The van der Waals surface area contributed by atoms with Crippen LogP contribution in [0.15, 0.2) is 0 Å². The van der Waals surface area contributed by atoms with Crippen molar-refractivity contribution in [3.05, 3.63) is 0 Å². The average Bonchev–Trinajstić information content (AvgIpc) is 2.33. The Kier molecular flexibility index (Phi) is 9.48. The fourth-order valence-corrected chi connectivity index (χ4v) is 1.52. The summed E-state index contributed by atoms with van der Waals surface area (Å²) < 4.78 is 5.28. The third-order valence-electron chi connectivity index (χ3n) is 3.06. The minimum Gasteiger partial charge on any atom is -0.372 e. The number of rotatable bonds is 10. The highest BCUT2D eigenvalue weighted by Gasteiger charge is 2.10. The Labute approximate surface area is 117 Å². The Bertz CT molecular complexity index is 275. The van der Waals surface area contributed by atoms with Gasteiger partial charge in [0, 0.05) is 25.9 Å². The zero-order valence-electron chi connectivity index (χ0n) is 13.1. The largest absolute Gasteiger partial charge is 0.372 e. The van der Waals surface area contributed by atoms with Crippen LogP contribution in [0.3, 0.4) is 0 Å². The van der Waals surface area contributed by atoms with Crippen LogP contribution in [0.25, 0.3) is 0 Å². The van der Waals surface area contributed by atoms with E-state index in [1.165, 1.54) is 0 Å². The van der Waals surface area contributed by atoms with E-state index >= 15 is 0 Å². The summed E-state index contributed by atoms with van der Waals surface area (Å²) in [4.78, 5) is 24.8. The molecule has 1 amide bonds. The van der Waals surface area contributed by atoms with E-state index in [1.807, 2.05) is 13.8 Å². The Balaban J connectivity index is 3.65. The van der Waals surface area contributed by atoms with E-state index in [2.05, 4.69) is 13.8 Å². The van der Waals surface area contributed by atoms with Crippen LogP contribution in [0.4, 0.5) is 0 Å². The van der Waals surface area contributed by atoms with Crippen molar-refractivity contribution in [3.8, 4) is 0 Å². The molecule has 4 nitrogen and oxygen atoms in total. The molecular formula is C15H29NO3. The first-order valence-corrected chi connectivity index (χ1v) is 7.19. The predicted molar refractivity (Wildman–Crippen MR) is 77.0 cm³/mol. The van der Waals surface area contributed by atoms with Crippen molar-refractivity contribution in [1.29, 1.82) is 0 Å². The molecule has 0 aromatic rings. The molecule has 0 rings (SSSR count). The van der Waals surface area contributed by atoms with Crippen molar-refractivity contribution in [2.45, 2.75) is 47.0 Å². The molecule has 0 saturated carbocycles. The monoisotopic (exact) mass is 271 g/mol. The maximum absolute atomic E-state index is 11.8. The maximum atomic E-state index is 11.8. The summed E-state index contributed by atoms with van der Waals surface area (Å²) in [6.45, 7) is 9.15. The molecule has 19 heavy (non-hydrogen) atoms. The smallest absolute Gasteiger partial charge is 0.222 e. The first-order chi connectivity index (χ1) is 8.84. The molecule has 0 atom stereocenters. The molecule has 0 fully saturated rings. The van der Waals surface area contributed by atoms with E-state index in [-0.39, 0.29) is 24.2 Å². The van der Waals surface area contributed by atoms with E-state index in [0.717, 1.165) is 12.8 Å². The Morgan fingerprint density at radius 1 is 1.16 bits per heavy atom. The number of amides is 1. The van der Waals surface area contributed by atoms with Gasteiger partial charge in [0.1, 0.15) is 6.61 Å². The molecule has 0 heterocycles. The van der Waals surface area contributed by atoms with Gasteiger partial charge < -0.3 is 9.64 Å².